The minimum atomic E-state index is -0.748. The van der Waals surface area contributed by atoms with Crippen LogP contribution >= 0.6 is 0 Å². The molecule has 1 heterocycles. The lowest BCUT2D eigenvalue weighted by Gasteiger charge is -2.21. The van der Waals surface area contributed by atoms with Gasteiger partial charge >= 0.3 is 11.9 Å². The molecule has 2 aromatic rings. The van der Waals surface area contributed by atoms with E-state index in [1.165, 1.54) is 4.90 Å². The van der Waals surface area contributed by atoms with Crippen molar-refractivity contribution in [2.45, 2.75) is 47.1 Å². The highest BCUT2D eigenvalue weighted by Gasteiger charge is 2.25. The van der Waals surface area contributed by atoms with Gasteiger partial charge < -0.3 is 19.4 Å². The lowest BCUT2D eigenvalue weighted by atomic mass is 10.1. The highest BCUT2D eigenvalue weighted by molar-refractivity contribution is 6.00. The number of carbonyl (C=O) groups is 3. The summed E-state index contributed by atoms with van der Waals surface area (Å²) in [6.07, 6.45) is -0.153. The van der Waals surface area contributed by atoms with Crippen molar-refractivity contribution >= 4 is 23.5 Å². The average Bonchev–Trinajstić information content (AvgIpc) is 3.01. The van der Waals surface area contributed by atoms with Gasteiger partial charge in [-0.2, -0.15) is 5.26 Å². The highest BCUT2D eigenvalue weighted by atomic mass is 16.5. The van der Waals surface area contributed by atoms with Crippen LogP contribution in [0.5, 0.6) is 0 Å². The molecule has 0 atom stereocenters. The minimum absolute atomic E-state index is 0.0971. The van der Waals surface area contributed by atoms with Gasteiger partial charge in [-0.1, -0.05) is 17.7 Å². The summed E-state index contributed by atoms with van der Waals surface area (Å²) in [5, 5.41) is 8.90. The second-order valence-corrected chi connectivity index (χ2v) is 7.44. The quantitative estimate of drug-likeness (QED) is 0.647. The Bertz CT molecular complexity index is 999. The smallest absolute Gasteiger partial charge is 0.355 e. The van der Waals surface area contributed by atoms with Crippen molar-refractivity contribution in [2.24, 2.45) is 0 Å². The molecule has 1 amide bonds. The lowest BCUT2D eigenvalue weighted by Crippen LogP contribution is -2.35. The van der Waals surface area contributed by atoms with E-state index < -0.39 is 24.5 Å². The Kier molecular flexibility index (Phi) is 7.97. The summed E-state index contributed by atoms with van der Waals surface area (Å²) in [6, 6.07) is 9.28. The van der Waals surface area contributed by atoms with Gasteiger partial charge in [0.2, 0.25) is 0 Å². The van der Waals surface area contributed by atoms with Crippen molar-refractivity contribution in [2.75, 3.05) is 18.1 Å². The molecule has 0 aliphatic heterocycles. The predicted octanol–water partition coefficient (Wildman–Crippen LogP) is 3.61. The Morgan fingerprint density at radius 2 is 1.74 bits per heavy atom. The van der Waals surface area contributed by atoms with Crippen molar-refractivity contribution in [1.29, 1.82) is 5.26 Å². The van der Waals surface area contributed by atoms with Crippen molar-refractivity contribution in [3.63, 3.8) is 0 Å². The maximum Gasteiger partial charge on any atom is 0.355 e. The maximum atomic E-state index is 12.7. The van der Waals surface area contributed by atoms with Gasteiger partial charge in [0, 0.05) is 17.9 Å². The number of nitriles is 1. The first-order valence-corrected chi connectivity index (χ1v) is 9.97. The van der Waals surface area contributed by atoms with Gasteiger partial charge in [-0.15, -0.1) is 0 Å². The van der Waals surface area contributed by atoms with E-state index >= 15 is 0 Å². The van der Waals surface area contributed by atoms with Crippen molar-refractivity contribution in [3.05, 3.63) is 52.3 Å². The van der Waals surface area contributed by atoms with Crippen LogP contribution in [-0.4, -0.2) is 42.1 Å². The summed E-state index contributed by atoms with van der Waals surface area (Å²) in [7, 11) is 0. The minimum Gasteiger partial charge on any atom is -0.459 e. The van der Waals surface area contributed by atoms with E-state index in [9.17, 15) is 14.4 Å². The zero-order valence-electron chi connectivity index (χ0n) is 18.4. The average molecular weight is 425 g/mol. The molecule has 0 saturated heterocycles. The summed E-state index contributed by atoms with van der Waals surface area (Å²) >= 11 is 0. The second-order valence-electron chi connectivity index (χ2n) is 7.44. The number of aromatic amines is 1. The van der Waals surface area contributed by atoms with Gasteiger partial charge in [-0.25, -0.2) is 9.59 Å². The second kappa shape index (κ2) is 10.4. The Balaban J connectivity index is 2.13. The number of hydrogen-bond acceptors (Lipinski definition) is 6. The van der Waals surface area contributed by atoms with E-state index in [2.05, 4.69) is 4.98 Å². The van der Waals surface area contributed by atoms with Gasteiger partial charge in [0.05, 0.1) is 24.2 Å². The Hall–Kier alpha value is -3.60. The molecule has 8 heteroatoms. The summed E-state index contributed by atoms with van der Waals surface area (Å²) in [4.78, 5) is 41.8. The molecule has 1 N–H and O–H groups in total. The first-order valence-electron chi connectivity index (χ1n) is 9.97. The first-order chi connectivity index (χ1) is 14.6. The predicted molar refractivity (Wildman–Crippen MR) is 115 cm³/mol. The van der Waals surface area contributed by atoms with E-state index in [1.807, 2.05) is 25.1 Å². The fourth-order valence-corrected chi connectivity index (χ4v) is 3.09. The van der Waals surface area contributed by atoms with Gasteiger partial charge in [-0.3, -0.25) is 4.79 Å². The summed E-state index contributed by atoms with van der Waals surface area (Å²) in [5.41, 5.74) is 2.92. The van der Waals surface area contributed by atoms with Crippen LogP contribution in [0.25, 0.3) is 0 Å². The summed E-state index contributed by atoms with van der Waals surface area (Å²) in [5.74, 6) is -1.73. The number of ether oxygens (including phenoxy) is 2. The lowest BCUT2D eigenvalue weighted by molar-refractivity contribution is -0.121. The monoisotopic (exact) mass is 425 g/mol. The largest absolute Gasteiger partial charge is 0.459 e. The van der Waals surface area contributed by atoms with E-state index in [0.717, 1.165) is 5.56 Å². The van der Waals surface area contributed by atoms with Crippen LogP contribution in [0.2, 0.25) is 0 Å². The molecule has 0 saturated carbocycles. The third-order valence-electron chi connectivity index (χ3n) is 4.61. The first kappa shape index (κ1) is 23.7. The van der Waals surface area contributed by atoms with Crippen LogP contribution in [0.3, 0.4) is 0 Å². The van der Waals surface area contributed by atoms with Crippen LogP contribution in [-0.2, 0) is 14.3 Å². The van der Waals surface area contributed by atoms with Crippen LogP contribution in [0.1, 0.15) is 57.9 Å². The van der Waals surface area contributed by atoms with E-state index in [1.54, 1.807) is 39.8 Å². The molecule has 31 heavy (non-hydrogen) atoms. The normalized spacial score (nSPS) is 10.5. The van der Waals surface area contributed by atoms with E-state index in [4.69, 9.17) is 14.7 Å². The fraction of sp³-hybridized carbons (Fsp3) is 0.391. The number of H-pyrrole nitrogens is 1. The van der Waals surface area contributed by atoms with Crippen LogP contribution in [0.15, 0.2) is 24.3 Å². The Morgan fingerprint density at radius 3 is 2.32 bits per heavy atom. The molecular formula is C23H27N3O5. The topological polar surface area (TPSA) is 112 Å². The Labute approximate surface area is 181 Å². The number of benzene rings is 1. The third-order valence-corrected chi connectivity index (χ3v) is 4.61. The van der Waals surface area contributed by atoms with Gasteiger partial charge in [0.15, 0.2) is 6.61 Å². The van der Waals surface area contributed by atoms with Crippen molar-refractivity contribution < 1.29 is 23.9 Å². The van der Waals surface area contributed by atoms with Crippen molar-refractivity contribution in [3.8, 4) is 6.07 Å². The number of hydrogen-bond donors (Lipinski definition) is 1. The van der Waals surface area contributed by atoms with Gasteiger partial charge in [0.1, 0.15) is 5.69 Å². The molecule has 8 nitrogen and oxygen atoms in total. The standard InChI is InChI=1S/C23H27N3O5/c1-14(2)31-22(28)20-16(4)21(25-17(20)5)23(29)30-13-19(27)26(12-6-11-24)18-9-7-15(3)8-10-18/h7-10,14,25H,6,12-13H2,1-5H3. The Morgan fingerprint density at radius 1 is 1.10 bits per heavy atom. The molecule has 0 unspecified atom stereocenters. The number of carbonyl (C=O) groups excluding carboxylic acids is 3. The van der Waals surface area contributed by atoms with Crippen LogP contribution in [0.4, 0.5) is 5.69 Å². The van der Waals surface area contributed by atoms with E-state index in [-0.39, 0.29) is 30.3 Å². The maximum absolute atomic E-state index is 12.7. The number of esters is 2. The molecule has 0 bridgehead atoms. The molecular weight excluding hydrogens is 398 g/mol. The number of nitrogens with zero attached hydrogens (tertiary/aromatic N) is 2. The third kappa shape index (κ3) is 5.95. The van der Waals surface area contributed by atoms with Crippen LogP contribution < -0.4 is 4.90 Å². The highest BCUT2D eigenvalue weighted by Crippen LogP contribution is 2.21. The number of rotatable bonds is 8. The molecule has 0 aliphatic carbocycles. The molecule has 0 fully saturated rings. The number of nitrogens with one attached hydrogen (secondary N) is 1. The zero-order valence-corrected chi connectivity index (χ0v) is 18.4. The summed E-state index contributed by atoms with van der Waals surface area (Å²) < 4.78 is 10.4. The van der Waals surface area contributed by atoms with Crippen molar-refractivity contribution in [1.82, 2.24) is 4.98 Å². The van der Waals surface area contributed by atoms with Gasteiger partial charge in [0.25, 0.3) is 5.91 Å². The number of aromatic nitrogens is 1. The zero-order chi connectivity index (χ0) is 23.1. The number of amides is 1. The molecule has 2 rings (SSSR count). The SMILES string of the molecule is Cc1ccc(N(CCC#N)C(=O)COC(=O)c2[nH]c(C)c(C(=O)OC(C)C)c2C)cc1. The van der Waals surface area contributed by atoms with Gasteiger partial charge in [-0.05, 0) is 52.3 Å². The fourth-order valence-electron chi connectivity index (χ4n) is 3.09. The molecule has 0 spiro atoms. The number of anilines is 1. The molecule has 1 aromatic carbocycles. The van der Waals surface area contributed by atoms with Crippen LogP contribution in [0, 0.1) is 32.1 Å². The molecule has 0 radical (unpaired) electrons. The van der Waals surface area contributed by atoms with E-state index in [0.29, 0.717) is 16.9 Å². The number of aryl methyl sites for hydroxylation is 2. The molecule has 164 valence electrons. The molecule has 0 aliphatic rings. The summed E-state index contributed by atoms with van der Waals surface area (Å²) in [6.45, 7) is 8.36. The molecule has 1 aromatic heterocycles.